The van der Waals surface area contributed by atoms with Gasteiger partial charge < -0.3 is 15.0 Å². The van der Waals surface area contributed by atoms with Crippen molar-refractivity contribution >= 4 is 17.4 Å². The van der Waals surface area contributed by atoms with Gasteiger partial charge in [0.25, 0.3) is 0 Å². The number of hydrogen-bond donors (Lipinski definition) is 1. The molecule has 4 heteroatoms. The molecular weight excluding hydrogens is 232 g/mol. The average Bonchev–Trinajstić information content (AvgIpc) is 2.35. The van der Waals surface area contributed by atoms with Crippen molar-refractivity contribution in [2.45, 2.75) is 17.1 Å². The summed E-state index contributed by atoms with van der Waals surface area (Å²) in [5, 5.41) is 3.86. The summed E-state index contributed by atoms with van der Waals surface area (Å²) in [5.41, 5.74) is 1.31. The van der Waals surface area contributed by atoms with E-state index in [9.17, 15) is 0 Å². The van der Waals surface area contributed by atoms with Crippen molar-refractivity contribution in [3.63, 3.8) is 0 Å². The van der Waals surface area contributed by atoms with Gasteiger partial charge in [0.1, 0.15) is 5.75 Å². The van der Waals surface area contributed by atoms with Crippen LogP contribution in [0.5, 0.6) is 5.75 Å². The highest BCUT2D eigenvalue weighted by Gasteiger charge is 2.22. The van der Waals surface area contributed by atoms with Gasteiger partial charge in [-0.15, -0.1) is 11.8 Å². The fourth-order valence-electron chi connectivity index (χ4n) is 2.09. The molecule has 1 unspecified atom stereocenters. The standard InChI is InChI=1S/C13H20N2OS/c1-10-9-15(7-6-14-2)12-8-11(16-3)4-5-13(12)17-10/h4-5,8,10,14H,6-7,9H2,1-3H3. The minimum atomic E-state index is 0.646. The summed E-state index contributed by atoms with van der Waals surface area (Å²) in [6.07, 6.45) is 0. The van der Waals surface area contributed by atoms with Crippen molar-refractivity contribution in [2.24, 2.45) is 0 Å². The molecule has 0 saturated heterocycles. The van der Waals surface area contributed by atoms with Crippen LogP contribution >= 0.6 is 11.8 Å². The SMILES string of the molecule is CNCCN1CC(C)Sc2ccc(OC)cc21. The number of thioether (sulfide) groups is 1. The van der Waals surface area contributed by atoms with E-state index in [4.69, 9.17) is 4.74 Å². The number of fused-ring (bicyclic) bond motifs is 1. The summed E-state index contributed by atoms with van der Waals surface area (Å²) < 4.78 is 5.31. The third kappa shape index (κ3) is 2.87. The quantitative estimate of drug-likeness (QED) is 0.888. The highest BCUT2D eigenvalue weighted by Crippen LogP contribution is 2.40. The van der Waals surface area contributed by atoms with Crippen molar-refractivity contribution in [1.82, 2.24) is 5.32 Å². The van der Waals surface area contributed by atoms with Crippen LogP contribution in [0.15, 0.2) is 23.1 Å². The molecule has 3 nitrogen and oxygen atoms in total. The Hall–Kier alpha value is -0.870. The molecule has 1 aromatic rings. The molecule has 2 rings (SSSR count). The second-order valence-corrected chi connectivity index (χ2v) is 5.79. The third-order valence-corrected chi connectivity index (χ3v) is 4.09. The van der Waals surface area contributed by atoms with Gasteiger partial charge in [0, 0.05) is 35.8 Å². The van der Waals surface area contributed by atoms with Crippen molar-refractivity contribution in [1.29, 1.82) is 0 Å². The fourth-order valence-corrected chi connectivity index (χ4v) is 3.24. The Morgan fingerprint density at radius 2 is 2.35 bits per heavy atom. The molecule has 0 radical (unpaired) electrons. The van der Waals surface area contributed by atoms with Gasteiger partial charge in [-0.3, -0.25) is 0 Å². The minimum absolute atomic E-state index is 0.646. The van der Waals surface area contributed by atoms with Crippen LogP contribution in [0.25, 0.3) is 0 Å². The number of rotatable bonds is 4. The molecule has 0 saturated carbocycles. The van der Waals surface area contributed by atoms with Gasteiger partial charge in [-0.2, -0.15) is 0 Å². The van der Waals surface area contributed by atoms with E-state index in [1.165, 1.54) is 10.6 Å². The molecule has 17 heavy (non-hydrogen) atoms. The first-order chi connectivity index (χ1) is 8.24. The van der Waals surface area contributed by atoms with Crippen LogP contribution in [0, 0.1) is 0 Å². The van der Waals surface area contributed by atoms with Gasteiger partial charge in [-0.05, 0) is 19.2 Å². The number of benzene rings is 1. The molecule has 0 aromatic heterocycles. The van der Waals surface area contributed by atoms with E-state index >= 15 is 0 Å². The lowest BCUT2D eigenvalue weighted by Gasteiger charge is -2.34. The normalized spacial score (nSPS) is 19.0. The van der Waals surface area contributed by atoms with Crippen LogP contribution in [-0.2, 0) is 0 Å². The van der Waals surface area contributed by atoms with Gasteiger partial charge in [0.2, 0.25) is 0 Å². The Morgan fingerprint density at radius 1 is 1.53 bits per heavy atom. The Bertz CT molecular complexity index is 384. The molecule has 1 heterocycles. The molecule has 0 spiro atoms. The Balaban J connectivity index is 2.25. The second kappa shape index (κ2) is 5.65. The smallest absolute Gasteiger partial charge is 0.121 e. The van der Waals surface area contributed by atoms with E-state index in [2.05, 4.69) is 29.3 Å². The molecule has 1 N–H and O–H groups in total. The van der Waals surface area contributed by atoms with E-state index in [1.54, 1.807) is 7.11 Å². The predicted octanol–water partition coefficient (Wildman–Crippen LogP) is 2.22. The van der Waals surface area contributed by atoms with Crippen molar-refractivity contribution in [2.75, 3.05) is 38.7 Å². The first kappa shape index (κ1) is 12.6. The number of hydrogen-bond acceptors (Lipinski definition) is 4. The Kier molecular flexibility index (Phi) is 4.18. The number of methoxy groups -OCH3 is 1. The van der Waals surface area contributed by atoms with Crippen LogP contribution < -0.4 is 15.0 Å². The number of nitrogens with zero attached hydrogens (tertiary/aromatic N) is 1. The van der Waals surface area contributed by atoms with Crippen LogP contribution in [0.1, 0.15) is 6.92 Å². The number of likely N-dealkylation sites (N-methyl/N-ethyl adjacent to an activating group) is 1. The van der Waals surface area contributed by atoms with E-state index in [1.807, 2.05) is 24.9 Å². The lowest BCUT2D eigenvalue weighted by Crippen LogP contribution is -2.37. The maximum absolute atomic E-state index is 5.31. The lowest BCUT2D eigenvalue weighted by molar-refractivity contribution is 0.414. The molecule has 0 fully saturated rings. The lowest BCUT2D eigenvalue weighted by atomic mass is 10.2. The van der Waals surface area contributed by atoms with E-state index in [0.717, 1.165) is 25.4 Å². The van der Waals surface area contributed by atoms with Crippen LogP contribution in [-0.4, -0.2) is 39.0 Å². The van der Waals surface area contributed by atoms with Gasteiger partial charge in [0.15, 0.2) is 0 Å². The monoisotopic (exact) mass is 252 g/mol. The summed E-state index contributed by atoms with van der Waals surface area (Å²) in [7, 11) is 3.72. The summed E-state index contributed by atoms with van der Waals surface area (Å²) >= 11 is 1.95. The topological polar surface area (TPSA) is 24.5 Å². The molecule has 0 amide bonds. The van der Waals surface area contributed by atoms with Crippen LogP contribution in [0.2, 0.25) is 0 Å². The molecule has 1 aliphatic rings. The molecule has 0 bridgehead atoms. The first-order valence-electron chi connectivity index (χ1n) is 5.99. The molecule has 94 valence electrons. The Labute approximate surface area is 108 Å². The zero-order chi connectivity index (χ0) is 12.3. The molecule has 1 aromatic carbocycles. The van der Waals surface area contributed by atoms with Gasteiger partial charge >= 0.3 is 0 Å². The number of nitrogens with one attached hydrogen (secondary N) is 1. The highest BCUT2D eigenvalue weighted by molar-refractivity contribution is 8.00. The molecule has 1 aliphatic heterocycles. The van der Waals surface area contributed by atoms with Crippen molar-refractivity contribution in [3.05, 3.63) is 18.2 Å². The van der Waals surface area contributed by atoms with Gasteiger partial charge in [-0.1, -0.05) is 6.92 Å². The predicted molar refractivity (Wildman–Crippen MR) is 74.5 cm³/mol. The fraction of sp³-hybridized carbons (Fsp3) is 0.538. The summed E-state index contributed by atoms with van der Waals surface area (Å²) in [4.78, 5) is 3.80. The third-order valence-electron chi connectivity index (χ3n) is 2.94. The van der Waals surface area contributed by atoms with Gasteiger partial charge in [-0.25, -0.2) is 0 Å². The van der Waals surface area contributed by atoms with Crippen molar-refractivity contribution < 1.29 is 4.74 Å². The van der Waals surface area contributed by atoms with E-state index in [-0.39, 0.29) is 0 Å². The minimum Gasteiger partial charge on any atom is -0.497 e. The van der Waals surface area contributed by atoms with Crippen LogP contribution in [0.3, 0.4) is 0 Å². The zero-order valence-corrected chi connectivity index (χ0v) is 11.5. The van der Waals surface area contributed by atoms with Crippen LogP contribution in [0.4, 0.5) is 5.69 Å². The summed E-state index contributed by atoms with van der Waals surface area (Å²) in [6, 6.07) is 6.35. The summed E-state index contributed by atoms with van der Waals surface area (Å²) in [6.45, 7) is 5.44. The van der Waals surface area contributed by atoms with E-state index < -0.39 is 0 Å². The number of anilines is 1. The molecule has 1 atom stereocenters. The van der Waals surface area contributed by atoms with Gasteiger partial charge in [0.05, 0.1) is 12.8 Å². The molecular formula is C13H20N2OS. The number of ether oxygens (including phenoxy) is 1. The Morgan fingerprint density at radius 3 is 3.06 bits per heavy atom. The second-order valence-electron chi connectivity index (χ2n) is 4.31. The summed E-state index contributed by atoms with van der Waals surface area (Å²) in [5.74, 6) is 0.938. The largest absolute Gasteiger partial charge is 0.497 e. The maximum Gasteiger partial charge on any atom is 0.121 e. The average molecular weight is 252 g/mol. The molecule has 0 aliphatic carbocycles. The highest BCUT2D eigenvalue weighted by atomic mass is 32.2. The van der Waals surface area contributed by atoms with E-state index in [0.29, 0.717) is 5.25 Å². The zero-order valence-electron chi connectivity index (χ0n) is 10.7. The van der Waals surface area contributed by atoms with Crippen molar-refractivity contribution in [3.8, 4) is 5.75 Å². The first-order valence-corrected chi connectivity index (χ1v) is 6.87. The maximum atomic E-state index is 5.31.